The third kappa shape index (κ3) is 5.08. The third-order valence-electron chi connectivity index (χ3n) is 9.69. The van der Waals surface area contributed by atoms with Gasteiger partial charge in [0.05, 0.1) is 28.6 Å². The summed E-state index contributed by atoms with van der Waals surface area (Å²) >= 11 is 0. The number of rotatable bonds is 7. The summed E-state index contributed by atoms with van der Waals surface area (Å²) in [5.41, 5.74) is 9.85. The van der Waals surface area contributed by atoms with E-state index in [4.69, 9.17) is 6.57 Å². The summed E-state index contributed by atoms with van der Waals surface area (Å²) in [6.45, 7) is 7.26. The van der Waals surface area contributed by atoms with Crippen molar-refractivity contribution in [3.05, 3.63) is 193 Å². The van der Waals surface area contributed by atoms with Gasteiger partial charge in [-0.3, -0.25) is 4.79 Å². The second-order valence-corrected chi connectivity index (χ2v) is 12.6. The highest BCUT2D eigenvalue weighted by Crippen LogP contribution is 2.38. The van der Waals surface area contributed by atoms with E-state index in [0.29, 0.717) is 5.56 Å². The fraction of sp³-hybridized carbons (Fsp3) is 0. The molecule has 52 heavy (non-hydrogen) atoms. The molecule has 0 aliphatic rings. The molecule has 0 bridgehead atoms. The summed E-state index contributed by atoms with van der Waals surface area (Å²) in [6.07, 6.45) is 1.39. The fourth-order valence-electron chi connectivity index (χ4n) is 7.37. The molecule has 0 saturated carbocycles. The number of hydrogen-bond donors (Lipinski definition) is 1. The maximum absolute atomic E-state index is 11.5. The van der Waals surface area contributed by atoms with E-state index in [-0.39, 0.29) is 5.70 Å². The number of carboxylic acids is 1. The van der Waals surface area contributed by atoms with Gasteiger partial charge in [-0.15, -0.1) is 0 Å². The van der Waals surface area contributed by atoms with Gasteiger partial charge in [-0.05, 0) is 96.6 Å². The van der Waals surface area contributed by atoms with Crippen LogP contribution in [-0.2, 0) is 4.79 Å². The van der Waals surface area contributed by atoms with Crippen LogP contribution in [0.15, 0.2) is 176 Å². The molecule has 0 aliphatic carbocycles. The largest absolute Gasteiger partial charge is 0.486 e. The summed E-state index contributed by atoms with van der Waals surface area (Å²) in [5.74, 6) is -1.24. The van der Waals surface area contributed by atoms with E-state index in [1.165, 1.54) is 27.6 Å². The summed E-state index contributed by atoms with van der Waals surface area (Å²) in [7, 11) is 0. The van der Waals surface area contributed by atoms with Crippen LogP contribution in [0.4, 0.5) is 17.1 Å². The molecule has 6 nitrogen and oxygen atoms in total. The van der Waals surface area contributed by atoms with E-state index in [2.05, 4.69) is 164 Å². The van der Waals surface area contributed by atoms with Crippen molar-refractivity contribution in [1.82, 2.24) is 9.13 Å². The van der Waals surface area contributed by atoms with Gasteiger partial charge >= 0.3 is 5.97 Å². The lowest BCUT2D eigenvalue weighted by Gasteiger charge is -2.26. The van der Waals surface area contributed by atoms with Crippen molar-refractivity contribution in [2.75, 3.05) is 4.90 Å². The first-order valence-electron chi connectivity index (χ1n) is 17.0. The van der Waals surface area contributed by atoms with Crippen LogP contribution in [0.5, 0.6) is 0 Å². The quantitative estimate of drug-likeness (QED) is 0.136. The van der Waals surface area contributed by atoms with Crippen molar-refractivity contribution in [2.24, 2.45) is 0 Å². The number of aliphatic carboxylic acids is 1. The molecule has 9 aromatic rings. The van der Waals surface area contributed by atoms with Crippen LogP contribution >= 0.6 is 0 Å². The zero-order chi connectivity index (χ0) is 35.2. The third-order valence-corrected chi connectivity index (χ3v) is 9.69. The Morgan fingerprint density at radius 3 is 1.15 bits per heavy atom. The molecule has 7 aromatic carbocycles. The fourth-order valence-corrected chi connectivity index (χ4v) is 7.37. The van der Waals surface area contributed by atoms with Gasteiger partial charge in [0, 0.05) is 50.0 Å². The first-order chi connectivity index (χ1) is 25.6. The van der Waals surface area contributed by atoms with Crippen LogP contribution in [0.1, 0.15) is 5.56 Å². The second kappa shape index (κ2) is 12.5. The predicted molar refractivity (Wildman–Crippen MR) is 212 cm³/mol. The Bertz CT molecular complexity index is 2610. The molecule has 6 heteroatoms. The number of para-hydroxylation sites is 4. The second-order valence-electron chi connectivity index (χ2n) is 12.6. The van der Waals surface area contributed by atoms with Crippen LogP contribution in [-0.4, -0.2) is 20.2 Å². The van der Waals surface area contributed by atoms with Gasteiger partial charge in [0.2, 0.25) is 0 Å². The minimum atomic E-state index is -1.24. The molecule has 9 rings (SSSR count). The highest BCUT2D eigenvalue weighted by Gasteiger charge is 2.17. The first kappa shape index (κ1) is 30.7. The van der Waals surface area contributed by atoms with E-state index in [0.717, 1.165) is 50.5 Å². The normalized spacial score (nSPS) is 11.7. The van der Waals surface area contributed by atoms with Crippen LogP contribution in [0, 0.1) is 6.57 Å². The topological polar surface area (TPSA) is 54.8 Å². The molecule has 0 amide bonds. The standard InChI is InChI=1S/C46H30N4O2/c1-47-41(46(51)52)30-31-18-20-32(21-19-31)48(33-22-26-35(27-23-33)49-42-14-6-2-10-37(42)38-11-3-7-15-43(38)49)34-24-28-36(29-25-34)50-44-16-8-4-12-39(44)40-13-5-9-17-45(40)50/h2-30H,(H,51,52). The van der Waals surface area contributed by atoms with E-state index in [9.17, 15) is 9.90 Å². The van der Waals surface area contributed by atoms with Crippen molar-refractivity contribution in [2.45, 2.75) is 0 Å². The maximum atomic E-state index is 11.5. The van der Waals surface area contributed by atoms with Crippen LogP contribution < -0.4 is 4.90 Å². The van der Waals surface area contributed by atoms with Gasteiger partial charge in [0.15, 0.2) is 0 Å². The predicted octanol–water partition coefficient (Wildman–Crippen LogP) is 11.7. The van der Waals surface area contributed by atoms with Crippen LogP contribution in [0.2, 0.25) is 0 Å². The van der Waals surface area contributed by atoms with Crippen molar-refractivity contribution in [3.8, 4) is 11.4 Å². The summed E-state index contributed by atoms with van der Waals surface area (Å²) in [5, 5.41) is 14.3. The molecule has 0 atom stereocenters. The van der Waals surface area contributed by atoms with Crippen molar-refractivity contribution >= 4 is 72.7 Å². The number of anilines is 3. The van der Waals surface area contributed by atoms with Gasteiger partial charge in [-0.25, -0.2) is 4.85 Å². The Balaban J connectivity index is 1.16. The Labute approximate surface area is 299 Å². The Morgan fingerprint density at radius 1 is 0.500 bits per heavy atom. The molecule has 0 aliphatic heterocycles. The number of aromatic nitrogens is 2. The molecule has 0 radical (unpaired) electrons. The number of fused-ring (bicyclic) bond motifs is 6. The van der Waals surface area contributed by atoms with Crippen molar-refractivity contribution in [3.63, 3.8) is 0 Å². The van der Waals surface area contributed by atoms with E-state index >= 15 is 0 Å². The van der Waals surface area contributed by atoms with Gasteiger partial charge in [0.1, 0.15) is 0 Å². The average molecular weight is 671 g/mol. The lowest BCUT2D eigenvalue weighted by atomic mass is 10.1. The molecular weight excluding hydrogens is 641 g/mol. The van der Waals surface area contributed by atoms with E-state index in [1.807, 2.05) is 24.3 Å². The highest BCUT2D eigenvalue weighted by molar-refractivity contribution is 6.10. The molecule has 2 heterocycles. The smallest absolute Gasteiger partial charge is 0.333 e. The molecule has 0 spiro atoms. The van der Waals surface area contributed by atoms with Gasteiger partial charge in [-0.1, -0.05) is 84.9 Å². The molecule has 0 saturated heterocycles. The summed E-state index contributed by atoms with van der Waals surface area (Å²) < 4.78 is 4.61. The summed E-state index contributed by atoms with van der Waals surface area (Å²) in [6, 6.07) is 58.7. The lowest BCUT2D eigenvalue weighted by Crippen LogP contribution is -2.10. The Kier molecular flexibility index (Phi) is 7.38. The molecule has 1 N–H and O–H groups in total. The molecule has 0 unspecified atom stereocenters. The number of nitrogens with zero attached hydrogens (tertiary/aromatic N) is 4. The number of carboxylic acid groups (broad SMARTS) is 1. The van der Waals surface area contributed by atoms with Crippen LogP contribution in [0.25, 0.3) is 65.9 Å². The molecular formula is C46H30N4O2. The molecule has 0 fully saturated rings. The maximum Gasteiger partial charge on any atom is 0.333 e. The Hall–Kier alpha value is -7.36. The van der Waals surface area contributed by atoms with Gasteiger partial charge < -0.3 is 19.1 Å². The average Bonchev–Trinajstić information content (AvgIpc) is 3.71. The number of hydrogen-bond acceptors (Lipinski definition) is 2. The SMILES string of the molecule is [C-]#[N+]C(=Cc1ccc(N(c2ccc(-n3c4ccccc4c4ccccc43)cc2)c2ccc(-n3c4ccccc4c4ccccc43)cc2)cc1)C(=O)O. The lowest BCUT2D eigenvalue weighted by molar-refractivity contribution is -0.132. The van der Waals surface area contributed by atoms with E-state index in [1.54, 1.807) is 0 Å². The Morgan fingerprint density at radius 2 is 0.827 bits per heavy atom. The first-order valence-corrected chi connectivity index (χ1v) is 17.0. The minimum absolute atomic E-state index is 0.328. The highest BCUT2D eigenvalue weighted by atomic mass is 16.4. The van der Waals surface area contributed by atoms with Crippen molar-refractivity contribution in [1.29, 1.82) is 0 Å². The number of carbonyl (C=O) groups is 1. The minimum Gasteiger partial charge on any atom is -0.486 e. The monoisotopic (exact) mass is 670 g/mol. The zero-order valence-corrected chi connectivity index (χ0v) is 27.9. The van der Waals surface area contributed by atoms with Crippen molar-refractivity contribution < 1.29 is 9.90 Å². The summed E-state index contributed by atoms with van der Waals surface area (Å²) in [4.78, 5) is 16.9. The van der Waals surface area contributed by atoms with Gasteiger partial charge in [0.25, 0.3) is 5.70 Å². The molecule has 246 valence electrons. The number of benzene rings is 7. The van der Waals surface area contributed by atoms with Crippen LogP contribution in [0.3, 0.4) is 0 Å². The van der Waals surface area contributed by atoms with E-state index < -0.39 is 5.97 Å². The zero-order valence-electron chi connectivity index (χ0n) is 27.9. The molecule has 2 aromatic heterocycles. The van der Waals surface area contributed by atoms with Gasteiger partial charge in [-0.2, -0.15) is 0 Å².